The Bertz CT molecular complexity index is 877. The van der Waals surface area contributed by atoms with Crippen LogP contribution in [-0.4, -0.2) is 8.95 Å². The molecular weight excluding hydrogens is 288 g/mol. The standard InChI is InChI=1S/C15H12N2OS2/c1-9-5-4-7-11(13(9)14(16)19)17-15(18)10-6-2-3-8-12(10)20-17/h2-8H,1H3,(H2,16,19). The number of rotatable bonds is 2. The fourth-order valence-corrected chi connectivity index (χ4v) is 3.56. The van der Waals surface area contributed by atoms with Crippen molar-refractivity contribution in [3.63, 3.8) is 0 Å². The zero-order valence-electron chi connectivity index (χ0n) is 10.8. The first-order valence-electron chi connectivity index (χ1n) is 6.10. The fourth-order valence-electron chi connectivity index (χ4n) is 2.27. The number of aryl methyl sites for hydroxylation is 1. The van der Waals surface area contributed by atoms with E-state index in [4.69, 9.17) is 18.0 Å². The van der Waals surface area contributed by atoms with E-state index in [1.54, 1.807) is 3.96 Å². The number of aromatic nitrogens is 1. The van der Waals surface area contributed by atoms with Gasteiger partial charge >= 0.3 is 0 Å². The molecule has 5 heteroatoms. The van der Waals surface area contributed by atoms with Gasteiger partial charge < -0.3 is 5.73 Å². The highest BCUT2D eigenvalue weighted by atomic mass is 32.1. The second kappa shape index (κ2) is 4.85. The first-order chi connectivity index (χ1) is 9.59. The van der Waals surface area contributed by atoms with Crippen LogP contribution >= 0.6 is 23.8 Å². The molecule has 1 heterocycles. The lowest BCUT2D eigenvalue weighted by atomic mass is 10.1. The monoisotopic (exact) mass is 300 g/mol. The molecule has 0 aliphatic heterocycles. The first kappa shape index (κ1) is 13.0. The number of nitrogens with two attached hydrogens (primary N) is 1. The van der Waals surface area contributed by atoms with Crippen LogP contribution in [0.4, 0.5) is 0 Å². The lowest BCUT2D eigenvalue weighted by molar-refractivity contribution is 1.13. The van der Waals surface area contributed by atoms with Gasteiger partial charge in [0, 0.05) is 5.56 Å². The molecule has 0 amide bonds. The van der Waals surface area contributed by atoms with Gasteiger partial charge in [-0.3, -0.25) is 4.79 Å². The summed E-state index contributed by atoms with van der Waals surface area (Å²) in [6.45, 7) is 1.94. The van der Waals surface area contributed by atoms with Crippen molar-refractivity contribution < 1.29 is 0 Å². The van der Waals surface area contributed by atoms with Gasteiger partial charge in [-0.25, -0.2) is 3.96 Å². The minimum absolute atomic E-state index is 0.0336. The molecule has 3 rings (SSSR count). The molecule has 20 heavy (non-hydrogen) atoms. The Morgan fingerprint density at radius 1 is 1.20 bits per heavy atom. The average molecular weight is 300 g/mol. The molecule has 0 aliphatic rings. The number of hydrogen-bond acceptors (Lipinski definition) is 3. The average Bonchev–Trinajstić information content (AvgIpc) is 2.76. The Morgan fingerprint density at radius 2 is 1.95 bits per heavy atom. The Balaban J connectivity index is 2.37. The SMILES string of the molecule is Cc1cccc(-n2sc3ccccc3c2=O)c1C(N)=S. The number of benzene rings is 2. The van der Waals surface area contributed by atoms with Crippen LogP contribution in [0.15, 0.2) is 47.3 Å². The number of thiocarbonyl (C=S) groups is 1. The van der Waals surface area contributed by atoms with Crippen molar-refractivity contribution in [3.8, 4) is 5.69 Å². The maximum atomic E-state index is 12.5. The number of fused-ring (bicyclic) bond motifs is 1. The van der Waals surface area contributed by atoms with E-state index in [2.05, 4.69) is 0 Å². The van der Waals surface area contributed by atoms with Gasteiger partial charge in [0.15, 0.2) is 0 Å². The van der Waals surface area contributed by atoms with Gasteiger partial charge in [-0.2, -0.15) is 0 Å². The lowest BCUT2D eigenvalue weighted by Crippen LogP contribution is -2.19. The molecule has 3 nitrogen and oxygen atoms in total. The lowest BCUT2D eigenvalue weighted by Gasteiger charge is -2.10. The number of nitrogens with zero attached hydrogens (tertiary/aromatic N) is 1. The van der Waals surface area contributed by atoms with Crippen molar-refractivity contribution >= 4 is 38.8 Å². The van der Waals surface area contributed by atoms with E-state index >= 15 is 0 Å². The quantitative estimate of drug-likeness (QED) is 0.740. The summed E-state index contributed by atoms with van der Waals surface area (Å²) >= 11 is 6.53. The third-order valence-corrected chi connectivity index (χ3v) is 4.51. The highest BCUT2D eigenvalue weighted by molar-refractivity contribution is 7.80. The van der Waals surface area contributed by atoms with Crippen LogP contribution < -0.4 is 11.3 Å². The second-order valence-electron chi connectivity index (χ2n) is 4.52. The van der Waals surface area contributed by atoms with Gasteiger partial charge in [-0.05, 0) is 30.7 Å². The van der Waals surface area contributed by atoms with Crippen LogP contribution in [0.1, 0.15) is 11.1 Å². The second-order valence-corrected chi connectivity index (χ2v) is 5.95. The maximum Gasteiger partial charge on any atom is 0.273 e. The van der Waals surface area contributed by atoms with Crippen molar-refractivity contribution in [2.24, 2.45) is 5.73 Å². The maximum absolute atomic E-state index is 12.5. The molecule has 0 atom stereocenters. The molecule has 2 aromatic carbocycles. The molecule has 0 bridgehead atoms. The molecule has 0 radical (unpaired) electrons. The molecule has 0 fully saturated rings. The smallest absolute Gasteiger partial charge is 0.273 e. The van der Waals surface area contributed by atoms with Gasteiger partial charge in [-0.15, -0.1) is 0 Å². The van der Waals surface area contributed by atoms with Crippen LogP contribution in [0, 0.1) is 6.92 Å². The van der Waals surface area contributed by atoms with E-state index in [-0.39, 0.29) is 5.56 Å². The molecule has 1 aromatic heterocycles. The number of hydrogen-bond donors (Lipinski definition) is 1. The topological polar surface area (TPSA) is 48.0 Å². The molecule has 0 saturated carbocycles. The van der Waals surface area contributed by atoms with Crippen LogP contribution in [0.3, 0.4) is 0 Å². The molecule has 0 spiro atoms. The van der Waals surface area contributed by atoms with Gasteiger partial charge in [0.1, 0.15) is 4.99 Å². The van der Waals surface area contributed by atoms with Gasteiger partial charge in [0.25, 0.3) is 5.56 Å². The van der Waals surface area contributed by atoms with E-state index in [0.717, 1.165) is 21.5 Å². The van der Waals surface area contributed by atoms with Crippen molar-refractivity contribution in [3.05, 3.63) is 63.9 Å². The Hall–Kier alpha value is -1.98. The van der Waals surface area contributed by atoms with Gasteiger partial charge in [0.05, 0.1) is 15.8 Å². The van der Waals surface area contributed by atoms with E-state index in [0.29, 0.717) is 10.4 Å². The molecule has 100 valence electrons. The summed E-state index contributed by atoms with van der Waals surface area (Å²) in [6, 6.07) is 13.3. The molecule has 3 aromatic rings. The molecular formula is C15H12N2OS2. The van der Waals surface area contributed by atoms with Crippen LogP contribution in [0.5, 0.6) is 0 Å². The minimum Gasteiger partial charge on any atom is -0.389 e. The van der Waals surface area contributed by atoms with Crippen LogP contribution in [0.2, 0.25) is 0 Å². The summed E-state index contributed by atoms with van der Waals surface area (Å²) in [4.78, 5) is 12.8. The fraction of sp³-hybridized carbons (Fsp3) is 0.0667. The van der Waals surface area contributed by atoms with E-state index in [1.807, 2.05) is 49.4 Å². The Labute approximate surface area is 125 Å². The van der Waals surface area contributed by atoms with E-state index < -0.39 is 0 Å². The molecule has 0 unspecified atom stereocenters. The minimum atomic E-state index is -0.0336. The highest BCUT2D eigenvalue weighted by Crippen LogP contribution is 2.23. The van der Waals surface area contributed by atoms with E-state index in [1.165, 1.54) is 11.5 Å². The summed E-state index contributed by atoms with van der Waals surface area (Å²) in [5.41, 5.74) is 8.27. The molecule has 2 N–H and O–H groups in total. The Morgan fingerprint density at radius 3 is 2.65 bits per heavy atom. The third kappa shape index (κ3) is 1.95. The zero-order valence-corrected chi connectivity index (χ0v) is 12.4. The third-order valence-electron chi connectivity index (χ3n) is 3.21. The van der Waals surface area contributed by atoms with Crippen molar-refractivity contribution in [1.29, 1.82) is 0 Å². The summed E-state index contributed by atoms with van der Waals surface area (Å²) < 4.78 is 2.61. The predicted molar refractivity (Wildman–Crippen MR) is 88.0 cm³/mol. The first-order valence-corrected chi connectivity index (χ1v) is 7.28. The van der Waals surface area contributed by atoms with Crippen molar-refractivity contribution in [1.82, 2.24) is 3.96 Å². The van der Waals surface area contributed by atoms with Gasteiger partial charge in [-0.1, -0.05) is 48.0 Å². The summed E-state index contributed by atoms with van der Waals surface area (Å²) in [5, 5.41) is 0.716. The van der Waals surface area contributed by atoms with Crippen LogP contribution in [0.25, 0.3) is 15.8 Å². The molecule has 0 aliphatic carbocycles. The Kier molecular flexibility index (Phi) is 3.16. The van der Waals surface area contributed by atoms with Crippen molar-refractivity contribution in [2.45, 2.75) is 6.92 Å². The zero-order chi connectivity index (χ0) is 14.3. The summed E-state index contributed by atoms with van der Waals surface area (Å²) in [5.74, 6) is 0. The predicted octanol–water partition coefficient (Wildman–Crippen LogP) is 2.99. The van der Waals surface area contributed by atoms with E-state index in [9.17, 15) is 4.79 Å². The van der Waals surface area contributed by atoms with Gasteiger partial charge in [0.2, 0.25) is 0 Å². The highest BCUT2D eigenvalue weighted by Gasteiger charge is 2.14. The molecule has 0 saturated heterocycles. The van der Waals surface area contributed by atoms with Crippen LogP contribution in [-0.2, 0) is 0 Å². The van der Waals surface area contributed by atoms with Crippen molar-refractivity contribution in [2.75, 3.05) is 0 Å². The summed E-state index contributed by atoms with van der Waals surface area (Å²) in [6.07, 6.45) is 0. The summed E-state index contributed by atoms with van der Waals surface area (Å²) in [7, 11) is 0. The largest absolute Gasteiger partial charge is 0.389 e. The normalized spacial score (nSPS) is 10.8.